The summed E-state index contributed by atoms with van der Waals surface area (Å²) in [5.41, 5.74) is 0.837. The van der Waals surface area contributed by atoms with Crippen LogP contribution in [0.4, 0.5) is 5.69 Å². The summed E-state index contributed by atoms with van der Waals surface area (Å²) in [6.45, 7) is -0.408. The van der Waals surface area contributed by atoms with Gasteiger partial charge in [-0.2, -0.15) is 0 Å². The van der Waals surface area contributed by atoms with E-state index in [2.05, 4.69) is 10.6 Å². The molecule has 1 aliphatic heterocycles. The van der Waals surface area contributed by atoms with Crippen LogP contribution in [0.2, 0.25) is 0 Å². The third-order valence-corrected chi connectivity index (χ3v) is 7.29. The van der Waals surface area contributed by atoms with E-state index in [1.165, 1.54) is 4.90 Å². The maximum Gasteiger partial charge on any atom is 0.253 e. The number of anilines is 1. The van der Waals surface area contributed by atoms with Crippen molar-refractivity contribution in [2.45, 2.75) is 6.10 Å². The van der Waals surface area contributed by atoms with E-state index in [1.807, 2.05) is 67.8 Å². The fraction of sp³-hybridized carbons (Fsp3) is 0.471. The lowest BCUT2D eigenvalue weighted by molar-refractivity contribution is -0.125. The molecule has 0 radical (unpaired) electrons. The predicted octanol–water partition coefficient (Wildman–Crippen LogP) is -0.331. The number of hydrogen-bond acceptors (Lipinski definition) is 7. The molecule has 0 spiro atoms. The Labute approximate surface area is 213 Å². The standard InChI is InChI=1S/C17H20I3N3O7/c18-12-10(16(28)21-1-3-24)13(19)15(23-2-4-30-7-9(23)27)14(20)11(12)17(29)22-5-8(26)6-25/h8,24-26H,1-7H2,(H,21,28)(H,22,29). The van der Waals surface area contributed by atoms with Crippen LogP contribution >= 0.6 is 67.8 Å². The third-order valence-electron chi connectivity index (χ3n) is 4.11. The summed E-state index contributed by atoms with van der Waals surface area (Å²) in [4.78, 5) is 39.7. The van der Waals surface area contributed by atoms with E-state index in [1.54, 1.807) is 0 Å². The van der Waals surface area contributed by atoms with Crippen LogP contribution in [0.3, 0.4) is 0 Å². The lowest BCUT2D eigenvalue weighted by Gasteiger charge is -2.30. The van der Waals surface area contributed by atoms with Crippen LogP contribution in [0, 0.1) is 10.7 Å². The van der Waals surface area contributed by atoms with Gasteiger partial charge in [0.15, 0.2) is 0 Å². The lowest BCUT2D eigenvalue weighted by atomic mass is 10.1. The summed E-state index contributed by atoms with van der Waals surface area (Å²) in [5, 5.41) is 32.7. The van der Waals surface area contributed by atoms with Crippen molar-refractivity contribution in [3.05, 3.63) is 21.8 Å². The predicted molar refractivity (Wildman–Crippen MR) is 133 cm³/mol. The zero-order chi connectivity index (χ0) is 22.4. The number of nitrogens with one attached hydrogen (secondary N) is 2. The molecule has 1 heterocycles. The highest BCUT2D eigenvalue weighted by molar-refractivity contribution is 14.1. The number of ether oxygens (including phenoxy) is 1. The van der Waals surface area contributed by atoms with Crippen molar-refractivity contribution in [3.8, 4) is 0 Å². The molecule has 1 atom stereocenters. The Kier molecular flexibility index (Phi) is 10.4. The largest absolute Gasteiger partial charge is 0.395 e. The fourth-order valence-electron chi connectivity index (χ4n) is 2.66. The van der Waals surface area contributed by atoms with Crippen LogP contribution in [0.25, 0.3) is 0 Å². The Morgan fingerprint density at radius 1 is 1.07 bits per heavy atom. The number of amides is 3. The van der Waals surface area contributed by atoms with Gasteiger partial charge in [0.1, 0.15) is 6.61 Å². The molecule has 1 unspecified atom stereocenters. The second kappa shape index (κ2) is 12.0. The topological polar surface area (TPSA) is 148 Å². The molecule has 1 fully saturated rings. The van der Waals surface area contributed by atoms with Crippen molar-refractivity contribution in [2.75, 3.05) is 51.0 Å². The van der Waals surface area contributed by atoms with Gasteiger partial charge in [0.25, 0.3) is 17.7 Å². The van der Waals surface area contributed by atoms with E-state index in [4.69, 9.17) is 14.9 Å². The minimum absolute atomic E-state index is 0.0347. The summed E-state index contributed by atoms with van der Waals surface area (Å²) >= 11 is 5.84. The fourth-order valence-corrected chi connectivity index (χ4v) is 7.39. The first-order valence-electron chi connectivity index (χ1n) is 8.79. The quantitative estimate of drug-likeness (QED) is 0.228. The van der Waals surface area contributed by atoms with Gasteiger partial charge in [-0.3, -0.25) is 14.4 Å². The summed E-state index contributed by atoms with van der Waals surface area (Å²) in [7, 11) is 0. The van der Waals surface area contributed by atoms with Gasteiger partial charge < -0.3 is 35.6 Å². The van der Waals surface area contributed by atoms with Crippen LogP contribution in [0.5, 0.6) is 0 Å². The van der Waals surface area contributed by atoms with Crippen LogP contribution in [-0.2, 0) is 9.53 Å². The SMILES string of the molecule is O=C(NCCO)c1c(I)c(C(=O)NCC(O)CO)c(I)c(N2CCOCC2=O)c1I. The first-order valence-corrected chi connectivity index (χ1v) is 12.0. The Bertz CT molecular complexity index is 838. The molecule has 3 amide bonds. The van der Waals surface area contributed by atoms with E-state index < -0.39 is 24.5 Å². The number of morpholine rings is 1. The monoisotopic (exact) mass is 759 g/mol. The van der Waals surface area contributed by atoms with Gasteiger partial charge in [-0.1, -0.05) is 0 Å². The van der Waals surface area contributed by atoms with Crippen LogP contribution < -0.4 is 15.5 Å². The number of halogens is 3. The molecule has 1 saturated heterocycles. The van der Waals surface area contributed by atoms with Crippen molar-refractivity contribution >= 4 is 91.2 Å². The molecule has 1 aromatic rings. The molecule has 2 rings (SSSR count). The molecule has 13 heteroatoms. The molecule has 0 saturated carbocycles. The molecular formula is C17H20I3N3O7. The Morgan fingerprint density at radius 3 is 2.20 bits per heavy atom. The van der Waals surface area contributed by atoms with E-state index in [9.17, 15) is 19.5 Å². The number of hydrogen-bond donors (Lipinski definition) is 5. The molecular weight excluding hydrogens is 739 g/mol. The molecule has 10 nitrogen and oxygen atoms in total. The molecule has 1 aromatic carbocycles. The zero-order valence-electron chi connectivity index (χ0n) is 15.6. The second-order valence-corrected chi connectivity index (χ2v) is 9.40. The molecule has 0 bridgehead atoms. The first kappa shape index (κ1) is 25.9. The maximum atomic E-state index is 12.9. The van der Waals surface area contributed by atoms with Gasteiger partial charge in [-0.15, -0.1) is 0 Å². The number of benzene rings is 1. The van der Waals surface area contributed by atoms with E-state index in [0.717, 1.165) is 0 Å². The van der Waals surface area contributed by atoms with Gasteiger partial charge in [0, 0.05) is 23.2 Å². The van der Waals surface area contributed by atoms with E-state index in [-0.39, 0.29) is 49.9 Å². The zero-order valence-corrected chi connectivity index (χ0v) is 22.1. The summed E-state index contributed by atoms with van der Waals surface area (Å²) < 4.78 is 6.54. The van der Waals surface area contributed by atoms with Crippen molar-refractivity contribution in [1.82, 2.24) is 10.6 Å². The minimum atomic E-state index is -1.12. The van der Waals surface area contributed by atoms with E-state index >= 15 is 0 Å². The van der Waals surface area contributed by atoms with Crippen molar-refractivity contribution in [1.29, 1.82) is 0 Å². The Balaban J connectivity index is 2.62. The highest BCUT2D eigenvalue weighted by Crippen LogP contribution is 2.38. The van der Waals surface area contributed by atoms with Crippen molar-refractivity contribution in [3.63, 3.8) is 0 Å². The summed E-state index contributed by atoms with van der Waals surface area (Å²) in [6.07, 6.45) is -1.12. The smallest absolute Gasteiger partial charge is 0.253 e. The number of carbonyl (C=O) groups is 3. The highest BCUT2D eigenvalue weighted by Gasteiger charge is 2.33. The molecule has 0 aliphatic carbocycles. The average Bonchev–Trinajstić information content (AvgIpc) is 2.71. The molecule has 30 heavy (non-hydrogen) atoms. The molecule has 1 aliphatic rings. The maximum absolute atomic E-state index is 12.9. The minimum Gasteiger partial charge on any atom is -0.395 e. The first-order chi connectivity index (χ1) is 14.2. The summed E-state index contributed by atoms with van der Waals surface area (Å²) in [5.74, 6) is -1.33. The number of aliphatic hydroxyl groups excluding tert-OH is 3. The van der Waals surface area contributed by atoms with Crippen LogP contribution in [0.15, 0.2) is 0 Å². The lowest BCUT2D eigenvalue weighted by Crippen LogP contribution is -2.43. The van der Waals surface area contributed by atoms with Crippen molar-refractivity contribution in [2.24, 2.45) is 0 Å². The number of rotatable bonds is 8. The van der Waals surface area contributed by atoms with Crippen molar-refractivity contribution < 1.29 is 34.4 Å². The van der Waals surface area contributed by atoms with Gasteiger partial charge in [0.2, 0.25) is 0 Å². The van der Waals surface area contributed by atoms with E-state index in [0.29, 0.717) is 23.0 Å². The van der Waals surface area contributed by atoms with Crippen LogP contribution in [0.1, 0.15) is 20.7 Å². The van der Waals surface area contributed by atoms with Crippen LogP contribution in [-0.4, -0.2) is 85.2 Å². The Hall–Kier alpha value is -0.340. The normalized spacial score (nSPS) is 15.1. The molecule has 166 valence electrons. The van der Waals surface area contributed by atoms with Gasteiger partial charge in [0.05, 0.1) is 49.9 Å². The second-order valence-electron chi connectivity index (χ2n) is 6.16. The number of aliphatic hydroxyl groups is 3. The Morgan fingerprint density at radius 2 is 1.67 bits per heavy atom. The van der Waals surface area contributed by atoms with Gasteiger partial charge >= 0.3 is 0 Å². The molecule has 0 aromatic heterocycles. The highest BCUT2D eigenvalue weighted by atomic mass is 127. The average molecular weight is 759 g/mol. The van der Waals surface area contributed by atoms with Gasteiger partial charge in [-0.25, -0.2) is 0 Å². The number of nitrogens with zero attached hydrogens (tertiary/aromatic N) is 1. The third kappa shape index (κ3) is 5.91. The molecule has 5 N–H and O–H groups in total. The summed E-state index contributed by atoms with van der Waals surface area (Å²) in [6, 6.07) is 0. The van der Waals surface area contributed by atoms with Gasteiger partial charge in [-0.05, 0) is 67.8 Å². The number of carbonyl (C=O) groups excluding carboxylic acids is 3.